The number of benzene rings is 4. The molecular formula is C33H33N. The second-order valence-electron chi connectivity index (χ2n) is 11.9. The van der Waals surface area contributed by atoms with E-state index >= 15 is 0 Å². The molecule has 0 atom stereocenters. The maximum atomic E-state index is 2.49. The molecule has 1 aromatic heterocycles. The van der Waals surface area contributed by atoms with Gasteiger partial charge in [-0.1, -0.05) is 96.1 Å². The van der Waals surface area contributed by atoms with Crippen molar-refractivity contribution in [1.82, 2.24) is 4.57 Å². The Morgan fingerprint density at radius 2 is 1.26 bits per heavy atom. The lowest BCUT2D eigenvalue weighted by Crippen LogP contribution is -2.11. The van der Waals surface area contributed by atoms with Gasteiger partial charge < -0.3 is 4.57 Å². The number of fused-ring (bicyclic) bond motifs is 7. The highest BCUT2D eigenvalue weighted by molar-refractivity contribution is 6.15. The molecule has 34 heavy (non-hydrogen) atoms. The maximum Gasteiger partial charge on any atom is 0.0622 e. The minimum Gasteiger partial charge on any atom is -0.309 e. The lowest BCUT2D eigenvalue weighted by molar-refractivity contribution is 0.590. The molecule has 1 heteroatoms. The van der Waals surface area contributed by atoms with Crippen LogP contribution in [-0.2, 0) is 17.3 Å². The molecule has 0 radical (unpaired) electrons. The van der Waals surface area contributed by atoms with Gasteiger partial charge in [-0.05, 0) is 69.3 Å². The fraction of sp³-hybridized carbons (Fsp3) is 0.273. The van der Waals surface area contributed by atoms with Gasteiger partial charge in [0.1, 0.15) is 0 Å². The predicted octanol–water partition coefficient (Wildman–Crippen LogP) is 8.95. The van der Waals surface area contributed by atoms with Crippen molar-refractivity contribution in [2.75, 3.05) is 0 Å². The molecular weight excluding hydrogens is 410 g/mol. The van der Waals surface area contributed by atoms with E-state index in [2.05, 4.69) is 125 Å². The fourth-order valence-electron chi connectivity index (χ4n) is 5.54. The van der Waals surface area contributed by atoms with Crippen LogP contribution in [0.4, 0.5) is 0 Å². The Kier molecular flexibility index (Phi) is 4.43. The highest BCUT2D eigenvalue weighted by Crippen LogP contribution is 2.46. The van der Waals surface area contributed by atoms with Crippen molar-refractivity contribution in [2.24, 2.45) is 0 Å². The molecule has 0 spiro atoms. The van der Waals surface area contributed by atoms with Crippen LogP contribution in [0.5, 0.6) is 0 Å². The number of hydrogen-bond donors (Lipinski definition) is 0. The normalized spacial score (nSPS) is 13.5. The van der Waals surface area contributed by atoms with E-state index in [-0.39, 0.29) is 10.8 Å². The van der Waals surface area contributed by atoms with E-state index in [4.69, 9.17) is 0 Å². The second kappa shape index (κ2) is 7.09. The summed E-state index contributed by atoms with van der Waals surface area (Å²) in [5.74, 6) is 0. The quantitative estimate of drug-likeness (QED) is 0.239. The minimum absolute atomic E-state index is 0.111. The van der Waals surface area contributed by atoms with E-state index < -0.39 is 0 Å². The molecule has 0 fully saturated rings. The van der Waals surface area contributed by atoms with E-state index in [1.807, 2.05) is 0 Å². The summed E-state index contributed by atoms with van der Waals surface area (Å²) in [6.45, 7) is 13.8. The van der Waals surface area contributed by atoms with Crippen LogP contribution < -0.4 is 0 Å². The number of rotatable bonds is 1. The van der Waals surface area contributed by atoms with Gasteiger partial charge in [-0.3, -0.25) is 0 Å². The molecule has 1 nitrogen and oxygen atoms in total. The largest absolute Gasteiger partial charge is 0.309 e. The first-order valence-electron chi connectivity index (χ1n) is 12.4. The molecule has 0 aliphatic heterocycles. The van der Waals surface area contributed by atoms with Gasteiger partial charge in [0.25, 0.3) is 0 Å². The van der Waals surface area contributed by atoms with Crippen molar-refractivity contribution in [1.29, 1.82) is 0 Å². The Hall–Kier alpha value is -3.32. The zero-order valence-corrected chi connectivity index (χ0v) is 21.2. The van der Waals surface area contributed by atoms with Crippen LogP contribution in [0, 0.1) is 0 Å². The molecule has 1 aliphatic rings. The summed E-state index contributed by atoms with van der Waals surface area (Å²) in [7, 11) is 0. The van der Waals surface area contributed by atoms with Crippen molar-refractivity contribution in [3.8, 4) is 16.8 Å². The van der Waals surface area contributed by atoms with Crippen LogP contribution in [0.2, 0.25) is 0 Å². The smallest absolute Gasteiger partial charge is 0.0622 e. The summed E-state index contributed by atoms with van der Waals surface area (Å²) in [4.78, 5) is 0. The standard InChI is InChI=1S/C33H33N/c1-32(2,3)23-14-12-21-18-22-13-16-26-28-20-24(33(4,5)6)15-17-29(28)34(25-10-8-7-9-11-25)31(26)30(22)27(21)19-23/h7-17,19-20H,18H2,1-6H3. The van der Waals surface area contributed by atoms with Crippen molar-refractivity contribution < 1.29 is 0 Å². The molecule has 0 bridgehead atoms. The van der Waals surface area contributed by atoms with Gasteiger partial charge in [0.2, 0.25) is 0 Å². The van der Waals surface area contributed by atoms with Crippen LogP contribution in [0.25, 0.3) is 38.6 Å². The summed E-state index contributed by atoms with van der Waals surface area (Å²) < 4.78 is 2.49. The number of hydrogen-bond acceptors (Lipinski definition) is 0. The second-order valence-corrected chi connectivity index (χ2v) is 11.9. The molecule has 4 aromatic carbocycles. The zero-order chi connectivity index (χ0) is 23.8. The highest BCUT2D eigenvalue weighted by Gasteiger charge is 2.27. The van der Waals surface area contributed by atoms with Crippen LogP contribution in [0.1, 0.15) is 63.8 Å². The Labute approximate surface area is 203 Å². The van der Waals surface area contributed by atoms with E-state index in [1.165, 1.54) is 60.9 Å². The third kappa shape index (κ3) is 3.14. The minimum atomic E-state index is 0.111. The Morgan fingerprint density at radius 3 is 1.97 bits per heavy atom. The first-order valence-corrected chi connectivity index (χ1v) is 12.4. The Balaban J connectivity index is 1.76. The van der Waals surface area contributed by atoms with Crippen LogP contribution in [-0.4, -0.2) is 4.57 Å². The lowest BCUT2D eigenvalue weighted by atomic mass is 9.85. The predicted molar refractivity (Wildman–Crippen MR) is 146 cm³/mol. The number of para-hydroxylation sites is 1. The SMILES string of the molecule is CC(C)(C)c1ccc2c(c1)-c1c(ccc3c4cc(C(C)(C)C)ccc4n(-c4ccccc4)c13)C2. The topological polar surface area (TPSA) is 4.93 Å². The van der Waals surface area contributed by atoms with E-state index in [9.17, 15) is 0 Å². The van der Waals surface area contributed by atoms with Crippen molar-refractivity contribution in [2.45, 2.75) is 58.8 Å². The third-order valence-corrected chi connectivity index (χ3v) is 7.52. The average molecular weight is 444 g/mol. The van der Waals surface area contributed by atoms with Gasteiger partial charge >= 0.3 is 0 Å². The van der Waals surface area contributed by atoms with Crippen molar-refractivity contribution in [3.05, 3.63) is 101 Å². The maximum absolute atomic E-state index is 2.49. The third-order valence-electron chi connectivity index (χ3n) is 7.52. The summed E-state index contributed by atoms with van der Waals surface area (Å²) in [6, 6.07) is 29.8. The van der Waals surface area contributed by atoms with Gasteiger partial charge in [0, 0.05) is 22.0 Å². The molecule has 0 saturated heterocycles. The summed E-state index contributed by atoms with van der Waals surface area (Å²) in [6.07, 6.45) is 1.01. The first kappa shape index (κ1) is 21.2. The molecule has 6 rings (SSSR count). The summed E-state index contributed by atoms with van der Waals surface area (Å²) in [5, 5.41) is 2.69. The molecule has 1 heterocycles. The number of aromatic nitrogens is 1. The first-order chi connectivity index (χ1) is 16.1. The number of nitrogens with zero attached hydrogens (tertiary/aromatic N) is 1. The highest BCUT2D eigenvalue weighted by atomic mass is 15.0. The fourth-order valence-corrected chi connectivity index (χ4v) is 5.54. The van der Waals surface area contributed by atoms with Crippen LogP contribution in [0.3, 0.4) is 0 Å². The van der Waals surface area contributed by atoms with Gasteiger partial charge in [-0.25, -0.2) is 0 Å². The lowest BCUT2D eigenvalue weighted by Gasteiger charge is -2.20. The van der Waals surface area contributed by atoms with E-state index in [0.717, 1.165) is 6.42 Å². The van der Waals surface area contributed by atoms with Crippen LogP contribution in [0.15, 0.2) is 78.9 Å². The molecule has 0 N–H and O–H groups in total. The molecule has 0 saturated carbocycles. The molecule has 0 amide bonds. The Bertz CT molecular complexity index is 1570. The van der Waals surface area contributed by atoms with E-state index in [1.54, 1.807) is 0 Å². The summed E-state index contributed by atoms with van der Waals surface area (Å²) >= 11 is 0. The van der Waals surface area contributed by atoms with Crippen molar-refractivity contribution in [3.63, 3.8) is 0 Å². The van der Waals surface area contributed by atoms with Gasteiger partial charge in [-0.15, -0.1) is 0 Å². The molecule has 5 aromatic rings. The monoisotopic (exact) mass is 443 g/mol. The molecule has 0 unspecified atom stereocenters. The zero-order valence-electron chi connectivity index (χ0n) is 21.2. The molecule has 1 aliphatic carbocycles. The van der Waals surface area contributed by atoms with Crippen LogP contribution >= 0.6 is 0 Å². The van der Waals surface area contributed by atoms with Gasteiger partial charge in [0.05, 0.1) is 11.0 Å². The van der Waals surface area contributed by atoms with Crippen molar-refractivity contribution >= 4 is 21.8 Å². The van der Waals surface area contributed by atoms with E-state index in [0.29, 0.717) is 0 Å². The Morgan fingerprint density at radius 1 is 0.618 bits per heavy atom. The molecule has 170 valence electrons. The van der Waals surface area contributed by atoms with Gasteiger partial charge in [0.15, 0.2) is 0 Å². The average Bonchev–Trinajstić information content (AvgIpc) is 3.33. The summed E-state index contributed by atoms with van der Waals surface area (Å²) in [5.41, 5.74) is 12.6. The van der Waals surface area contributed by atoms with Gasteiger partial charge in [-0.2, -0.15) is 0 Å².